The van der Waals surface area contributed by atoms with Gasteiger partial charge in [-0.05, 0) is 49.9 Å². The van der Waals surface area contributed by atoms with Crippen molar-refractivity contribution in [1.82, 2.24) is 4.90 Å². The number of carbonyl (C=O) groups excluding carboxylic acids is 1. The number of rotatable bonds is 9. The zero-order valence-corrected chi connectivity index (χ0v) is 13.8. The Labute approximate surface area is 138 Å². The number of nitrogens with two attached hydrogens (primary N) is 1. The SMILES string of the molecule is Cl.NCCCCCCC(=O)N(Cc1cccc(F)c1)C1CC1. The van der Waals surface area contributed by atoms with Gasteiger partial charge in [0, 0.05) is 19.0 Å². The summed E-state index contributed by atoms with van der Waals surface area (Å²) in [6.45, 7) is 1.26. The summed E-state index contributed by atoms with van der Waals surface area (Å²) in [5.74, 6) is -0.0352. The van der Waals surface area contributed by atoms with E-state index in [0.717, 1.165) is 50.6 Å². The van der Waals surface area contributed by atoms with Crippen molar-refractivity contribution >= 4 is 18.3 Å². The molecule has 0 aliphatic heterocycles. The van der Waals surface area contributed by atoms with E-state index >= 15 is 0 Å². The first kappa shape index (κ1) is 18.9. The quantitative estimate of drug-likeness (QED) is 0.703. The monoisotopic (exact) mass is 328 g/mol. The first-order valence-corrected chi connectivity index (χ1v) is 7.94. The van der Waals surface area contributed by atoms with Crippen LogP contribution in [-0.2, 0) is 11.3 Å². The van der Waals surface area contributed by atoms with Crippen molar-refractivity contribution < 1.29 is 9.18 Å². The second-order valence-electron chi connectivity index (χ2n) is 5.84. The van der Waals surface area contributed by atoms with Gasteiger partial charge in [0.05, 0.1) is 0 Å². The Morgan fingerprint density at radius 2 is 1.95 bits per heavy atom. The molecule has 0 heterocycles. The van der Waals surface area contributed by atoms with E-state index in [1.54, 1.807) is 6.07 Å². The Hall–Kier alpha value is -1.13. The highest BCUT2D eigenvalue weighted by atomic mass is 35.5. The molecule has 2 rings (SSSR count). The van der Waals surface area contributed by atoms with E-state index in [1.807, 2.05) is 11.0 Å². The largest absolute Gasteiger partial charge is 0.335 e. The summed E-state index contributed by atoms with van der Waals surface area (Å²) in [7, 11) is 0. The fraction of sp³-hybridized carbons (Fsp3) is 0.588. The van der Waals surface area contributed by atoms with Gasteiger partial charge >= 0.3 is 0 Å². The van der Waals surface area contributed by atoms with E-state index < -0.39 is 0 Å². The molecule has 5 heteroatoms. The van der Waals surface area contributed by atoms with Crippen molar-refractivity contribution in [2.45, 2.75) is 57.5 Å². The van der Waals surface area contributed by atoms with Gasteiger partial charge in [0.25, 0.3) is 0 Å². The number of hydrogen-bond donors (Lipinski definition) is 1. The number of benzene rings is 1. The van der Waals surface area contributed by atoms with Gasteiger partial charge in [0.2, 0.25) is 5.91 Å². The minimum Gasteiger partial charge on any atom is -0.335 e. The lowest BCUT2D eigenvalue weighted by Gasteiger charge is -2.22. The fourth-order valence-electron chi connectivity index (χ4n) is 2.56. The lowest BCUT2D eigenvalue weighted by molar-refractivity contribution is -0.132. The molecule has 0 spiro atoms. The Morgan fingerprint density at radius 3 is 2.59 bits per heavy atom. The number of carbonyl (C=O) groups is 1. The molecule has 1 aliphatic carbocycles. The minimum absolute atomic E-state index is 0. The molecule has 22 heavy (non-hydrogen) atoms. The van der Waals surface area contributed by atoms with Gasteiger partial charge < -0.3 is 10.6 Å². The summed E-state index contributed by atoms with van der Waals surface area (Å²) in [6.07, 6.45) is 6.85. The summed E-state index contributed by atoms with van der Waals surface area (Å²) >= 11 is 0. The Kier molecular flexibility index (Phi) is 8.43. The van der Waals surface area contributed by atoms with Gasteiger partial charge in [0.15, 0.2) is 0 Å². The van der Waals surface area contributed by atoms with Crippen LogP contribution in [0.5, 0.6) is 0 Å². The highest BCUT2D eigenvalue weighted by Gasteiger charge is 2.32. The molecule has 1 amide bonds. The number of halogens is 2. The van der Waals surface area contributed by atoms with Crippen LogP contribution in [0.1, 0.15) is 50.5 Å². The van der Waals surface area contributed by atoms with E-state index in [0.29, 0.717) is 19.0 Å². The molecule has 0 bridgehead atoms. The van der Waals surface area contributed by atoms with Crippen molar-refractivity contribution in [1.29, 1.82) is 0 Å². The average Bonchev–Trinajstić information content (AvgIpc) is 3.29. The molecule has 0 radical (unpaired) electrons. The number of unbranched alkanes of at least 4 members (excludes halogenated alkanes) is 3. The predicted molar refractivity (Wildman–Crippen MR) is 89.4 cm³/mol. The molecule has 3 nitrogen and oxygen atoms in total. The van der Waals surface area contributed by atoms with Crippen LogP contribution in [0.3, 0.4) is 0 Å². The van der Waals surface area contributed by atoms with Crippen LogP contribution in [0.25, 0.3) is 0 Å². The normalized spacial score (nSPS) is 13.5. The van der Waals surface area contributed by atoms with E-state index in [-0.39, 0.29) is 24.1 Å². The predicted octanol–water partition coefficient (Wildman–Crippen LogP) is 3.65. The smallest absolute Gasteiger partial charge is 0.223 e. The molecule has 0 unspecified atom stereocenters. The number of amides is 1. The third kappa shape index (κ3) is 6.32. The van der Waals surface area contributed by atoms with Crippen LogP contribution < -0.4 is 5.73 Å². The van der Waals surface area contributed by atoms with Crippen molar-refractivity contribution in [2.24, 2.45) is 5.73 Å². The van der Waals surface area contributed by atoms with Gasteiger partial charge in [-0.25, -0.2) is 4.39 Å². The van der Waals surface area contributed by atoms with E-state index in [9.17, 15) is 9.18 Å². The van der Waals surface area contributed by atoms with Crippen LogP contribution in [0.2, 0.25) is 0 Å². The molecule has 2 N–H and O–H groups in total. The summed E-state index contributed by atoms with van der Waals surface area (Å²) in [4.78, 5) is 14.3. The summed E-state index contributed by atoms with van der Waals surface area (Å²) in [6, 6.07) is 6.90. The lowest BCUT2D eigenvalue weighted by Crippen LogP contribution is -2.32. The second kappa shape index (κ2) is 9.80. The molecule has 1 aliphatic rings. The maximum atomic E-state index is 13.2. The maximum Gasteiger partial charge on any atom is 0.223 e. The van der Waals surface area contributed by atoms with Gasteiger partial charge in [-0.3, -0.25) is 4.79 Å². The van der Waals surface area contributed by atoms with E-state index in [1.165, 1.54) is 12.1 Å². The fourth-order valence-corrected chi connectivity index (χ4v) is 2.56. The minimum atomic E-state index is -0.238. The third-order valence-electron chi connectivity index (χ3n) is 3.89. The van der Waals surface area contributed by atoms with Crippen LogP contribution in [0, 0.1) is 5.82 Å². The van der Waals surface area contributed by atoms with Crippen LogP contribution in [-0.4, -0.2) is 23.4 Å². The molecule has 0 atom stereocenters. The molecular weight excluding hydrogens is 303 g/mol. The lowest BCUT2D eigenvalue weighted by atomic mass is 10.1. The third-order valence-corrected chi connectivity index (χ3v) is 3.89. The first-order chi connectivity index (χ1) is 10.2. The zero-order valence-electron chi connectivity index (χ0n) is 13.0. The molecule has 1 aromatic rings. The van der Waals surface area contributed by atoms with Crippen LogP contribution >= 0.6 is 12.4 Å². The van der Waals surface area contributed by atoms with Gasteiger partial charge in [-0.2, -0.15) is 0 Å². The highest BCUT2D eigenvalue weighted by Crippen LogP contribution is 2.29. The summed E-state index contributed by atoms with van der Waals surface area (Å²) in [5, 5.41) is 0. The first-order valence-electron chi connectivity index (χ1n) is 7.94. The Bertz CT molecular complexity index is 466. The topological polar surface area (TPSA) is 46.3 Å². The van der Waals surface area contributed by atoms with Gasteiger partial charge in [0.1, 0.15) is 5.82 Å². The zero-order chi connectivity index (χ0) is 15.1. The van der Waals surface area contributed by atoms with Crippen molar-refractivity contribution in [3.05, 3.63) is 35.6 Å². The summed E-state index contributed by atoms with van der Waals surface area (Å²) < 4.78 is 13.2. The molecule has 0 saturated heterocycles. The second-order valence-corrected chi connectivity index (χ2v) is 5.84. The standard InChI is InChI=1S/C17H25FN2O.ClH/c18-15-7-5-6-14(12-15)13-20(16-9-10-16)17(21)8-3-1-2-4-11-19;/h5-7,12,16H,1-4,8-11,13,19H2;1H. The van der Waals surface area contributed by atoms with Crippen molar-refractivity contribution in [3.63, 3.8) is 0 Å². The molecule has 1 aromatic carbocycles. The average molecular weight is 329 g/mol. The van der Waals surface area contributed by atoms with E-state index in [4.69, 9.17) is 5.73 Å². The Morgan fingerprint density at radius 1 is 1.23 bits per heavy atom. The molecule has 1 fully saturated rings. The van der Waals surface area contributed by atoms with Crippen molar-refractivity contribution in [2.75, 3.05) is 6.54 Å². The Balaban J connectivity index is 0.00000242. The van der Waals surface area contributed by atoms with Crippen LogP contribution in [0.4, 0.5) is 4.39 Å². The van der Waals surface area contributed by atoms with Gasteiger partial charge in [-0.15, -0.1) is 12.4 Å². The number of hydrogen-bond acceptors (Lipinski definition) is 2. The van der Waals surface area contributed by atoms with Gasteiger partial charge in [-0.1, -0.05) is 25.0 Å². The highest BCUT2D eigenvalue weighted by molar-refractivity contribution is 5.85. The molecular formula is C17H26ClFN2O. The number of nitrogens with zero attached hydrogens (tertiary/aromatic N) is 1. The maximum absolute atomic E-state index is 13.2. The molecule has 124 valence electrons. The van der Waals surface area contributed by atoms with E-state index in [2.05, 4.69) is 0 Å². The molecule has 1 saturated carbocycles. The summed E-state index contributed by atoms with van der Waals surface area (Å²) in [5.41, 5.74) is 6.33. The van der Waals surface area contributed by atoms with Crippen LogP contribution in [0.15, 0.2) is 24.3 Å². The molecule has 0 aromatic heterocycles. The van der Waals surface area contributed by atoms with Crippen molar-refractivity contribution in [3.8, 4) is 0 Å².